The number of unbranched alkanes of at least 4 members (excludes halogenated alkanes) is 1. The zero-order chi connectivity index (χ0) is 17.2. The molecule has 0 radical (unpaired) electrons. The predicted octanol–water partition coefficient (Wildman–Crippen LogP) is 1.52. The number of piperazine rings is 1. The number of rotatable bonds is 7. The lowest BCUT2D eigenvalue weighted by molar-refractivity contribution is 0.152. The maximum absolute atomic E-state index is 13.2. The molecule has 1 aromatic rings. The molecule has 1 aliphatic rings. The average Bonchev–Trinajstić information content (AvgIpc) is 2.59. The molecule has 0 saturated carbocycles. The van der Waals surface area contributed by atoms with E-state index in [9.17, 15) is 4.39 Å². The standard InChI is InChI=1S/C18H30FN5/c1-20-18(22-15-16-6-5-7-17(19)14-16)21-8-3-4-9-24-12-10-23(2)11-13-24/h5-7,14H,3-4,8-13,15H2,1-2H3,(H2,20,21,22). The molecular formula is C18H30FN5. The molecule has 0 atom stereocenters. The van der Waals surface area contributed by atoms with Gasteiger partial charge in [-0.15, -0.1) is 0 Å². The van der Waals surface area contributed by atoms with Crippen LogP contribution in [0.1, 0.15) is 18.4 Å². The molecule has 134 valence electrons. The van der Waals surface area contributed by atoms with Crippen LogP contribution in [0, 0.1) is 5.82 Å². The molecule has 2 rings (SSSR count). The normalized spacial score (nSPS) is 17.0. The summed E-state index contributed by atoms with van der Waals surface area (Å²) in [6.07, 6.45) is 2.31. The van der Waals surface area contributed by atoms with Crippen LogP contribution in [0.5, 0.6) is 0 Å². The third-order valence-corrected chi connectivity index (χ3v) is 4.36. The molecule has 1 fully saturated rings. The van der Waals surface area contributed by atoms with Crippen molar-refractivity contribution in [3.8, 4) is 0 Å². The zero-order valence-electron chi connectivity index (χ0n) is 14.9. The van der Waals surface area contributed by atoms with Gasteiger partial charge in [-0.25, -0.2) is 4.39 Å². The van der Waals surface area contributed by atoms with Crippen molar-refractivity contribution in [2.24, 2.45) is 4.99 Å². The molecule has 0 bridgehead atoms. The van der Waals surface area contributed by atoms with E-state index in [1.165, 1.54) is 51.3 Å². The largest absolute Gasteiger partial charge is 0.356 e. The zero-order valence-corrected chi connectivity index (χ0v) is 14.9. The summed E-state index contributed by atoms with van der Waals surface area (Å²) in [5.41, 5.74) is 0.910. The van der Waals surface area contributed by atoms with Crippen LogP contribution in [-0.2, 0) is 6.54 Å². The average molecular weight is 335 g/mol. The highest BCUT2D eigenvalue weighted by Crippen LogP contribution is 2.03. The molecule has 0 spiro atoms. The molecule has 1 aromatic carbocycles. The van der Waals surface area contributed by atoms with E-state index in [1.807, 2.05) is 6.07 Å². The van der Waals surface area contributed by atoms with Gasteiger partial charge in [0.05, 0.1) is 0 Å². The maximum atomic E-state index is 13.2. The number of benzene rings is 1. The third-order valence-electron chi connectivity index (χ3n) is 4.36. The van der Waals surface area contributed by atoms with E-state index >= 15 is 0 Å². The van der Waals surface area contributed by atoms with Gasteiger partial charge in [0.1, 0.15) is 5.82 Å². The smallest absolute Gasteiger partial charge is 0.191 e. The first-order chi connectivity index (χ1) is 11.7. The lowest BCUT2D eigenvalue weighted by atomic mass is 10.2. The van der Waals surface area contributed by atoms with Crippen molar-refractivity contribution >= 4 is 5.96 Å². The van der Waals surface area contributed by atoms with E-state index in [0.717, 1.165) is 24.5 Å². The number of likely N-dealkylation sites (N-methyl/N-ethyl adjacent to an activating group) is 1. The van der Waals surface area contributed by atoms with Crippen LogP contribution >= 0.6 is 0 Å². The number of halogens is 1. The van der Waals surface area contributed by atoms with E-state index in [1.54, 1.807) is 13.1 Å². The van der Waals surface area contributed by atoms with Crippen molar-refractivity contribution in [2.45, 2.75) is 19.4 Å². The van der Waals surface area contributed by atoms with E-state index in [0.29, 0.717) is 6.54 Å². The van der Waals surface area contributed by atoms with Crippen LogP contribution in [-0.4, -0.2) is 69.1 Å². The Morgan fingerprint density at radius 1 is 1.17 bits per heavy atom. The van der Waals surface area contributed by atoms with Gasteiger partial charge in [-0.3, -0.25) is 4.99 Å². The topological polar surface area (TPSA) is 42.9 Å². The Kier molecular flexibility index (Phi) is 7.98. The minimum atomic E-state index is -0.207. The van der Waals surface area contributed by atoms with Crippen molar-refractivity contribution in [1.29, 1.82) is 0 Å². The van der Waals surface area contributed by atoms with Crippen LogP contribution < -0.4 is 10.6 Å². The number of aliphatic imine (C=N–C) groups is 1. The first-order valence-corrected chi connectivity index (χ1v) is 8.77. The van der Waals surface area contributed by atoms with Gasteiger partial charge < -0.3 is 20.4 Å². The summed E-state index contributed by atoms with van der Waals surface area (Å²) in [5, 5.41) is 6.53. The van der Waals surface area contributed by atoms with Crippen molar-refractivity contribution in [3.05, 3.63) is 35.6 Å². The van der Waals surface area contributed by atoms with Gasteiger partial charge in [0.15, 0.2) is 5.96 Å². The van der Waals surface area contributed by atoms with Gasteiger partial charge in [-0.05, 0) is 44.1 Å². The van der Waals surface area contributed by atoms with Gasteiger partial charge in [0.25, 0.3) is 0 Å². The molecule has 0 aliphatic carbocycles. The second-order valence-corrected chi connectivity index (χ2v) is 6.33. The number of nitrogens with zero attached hydrogens (tertiary/aromatic N) is 3. The monoisotopic (exact) mass is 335 g/mol. The van der Waals surface area contributed by atoms with Crippen LogP contribution in [0.4, 0.5) is 4.39 Å². The number of nitrogens with one attached hydrogen (secondary N) is 2. The Labute approximate surface area is 144 Å². The molecule has 1 saturated heterocycles. The number of guanidine groups is 1. The second-order valence-electron chi connectivity index (χ2n) is 6.33. The highest BCUT2D eigenvalue weighted by Gasteiger charge is 2.12. The quantitative estimate of drug-likeness (QED) is 0.450. The van der Waals surface area contributed by atoms with Crippen LogP contribution in [0.2, 0.25) is 0 Å². The number of hydrogen-bond donors (Lipinski definition) is 2. The first kappa shape index (κ1) is 18.7. The van der Waals surface area contributed by atoms with Crippen molar-refractivity contribution < 1.29 is 4.39 Å². The predicted molar refractivity (Wildman–Crippen MR) is 97.8 cm³/mol. The van der Waals surface area contributed by atoms with E-state index in [2.05, 4.69) is 32.5 Å². The second kappa shape index (κ2) is 10.3. The van der Waals surface area contributed by atoms with Crippen molar-refractivity contribution in [2.75, 3.05) is 53.4 Å². The summed E-state index contributed by atoms with van der Waals surface area (Å²) >= 11 is 0. The first-order valence-electron chi connectivity index (χ1n) is 8.77. The Balaban J connectivity index is 1.56. The lowest BCUT2D eigenvalue weighted by Gasteiger charge is -2.32. The van der Waals surface area contributed by atoms with Gasteiger partial charge in [0, 0.05) is 46.3 Å². The SMILES string of the molecule is CN=C(NCCCCN1CCN(C)CC1)NCc1cccc(F)c1. The molecule has 2 N–H and O–H groups in total. The minimum Gasteiger partial charge on any atom is -0.356 e. The molecule has 1 aliphatic heterocycles. The van der Waals surface area contributed by atoms with Gasteiger partial charge in [-0.1, -0.05) is 12.1 Å². The fourth-order valence-electron chi connectivity index (χ4n) is 2.79. The summed E-state index contributed by atoms with van der Waals surface area (Å²) in [6, 6.07) is 6.62. The lowest BCUT2D eigenvalue weighted by Crippen LogP contribution is -2.44. The van der Waals surface area contributed by atoms with Crippen LogP contribution in [0.25, 0.3) is 0 Å². The molecule has 24 heavy (non-hydrogen) atoms. The maximum Gasteiger partial charge on any atom is 0.191 e. The summed E-state index contributed by atoms with van der Waals surface area (Å²) in [7, 11) is 3.94. The van der Waals surface area contributed by atoms with Crippen molar-refractivity contribution in [1.82, 2.24) is 20.4 Å². The highest BCUT2D eigenvalue weighted by molar-refractivity contribution is 5.79. The molecule has 0 unspecified atom stereocenters. The van der Waals surface area contributed by atoms with Crippen molar-refractivity contribution in [3.63, 3.8) is 0 Å². The number of hydrogen-bond acceptors (Lipinski definition) is 3. The van der Waals surface area contributed by atoms with Crippen LogP contribution in [0.3, 0.4) is 0 Å². The molecule has 0 aromatic heterocycles. The Morgan fingerprint density at radius 3 is 2.67 bits per heavy atom. The minimum absolute atomic E-state index is 0.207. The summed E-state index contributed by atoms with van der Waals surface area (Å²) in [4.78, 5) is 9.13. The summed E-state index contributed by atoms with van der Waals surface area (Å²) in [6.45, 7) is 7.35. The summed E-state index contributed by atoms with van der Waals surface area (Å²) in [5.74, 6) is 0.556. The van der Waals surface area contributed by atoms with Gasteiger partial charge in [0.2, 0.25) is 0 Å². The fourth-order valence-corrected chi connectivity index (χ4v) is 2.79. The van der Waals surface area contributed by atoms with Crippen LogP contribution in [0.15, 0.2) is 29.3 Å². The molecule has 6 heteroatoms. The van der Waals surface area contributed by atoms with E-state index in [4.69, 9.17) is 0 Å². The molecule has 0 amide bonds. The highest BCUT2D eigenvalue weighted by atomic mass is 19.1. The molecule has 5 nitrogen and oxygen atoms in total. The van der Waals surface area contributed by atoms with E-state index < -0.39 is 0 Å². The Morgan fingerprint density at radius 2 is 1.96 bits per heavy atom. The van der Waals surface area contributed by atoms with E-state index in [-0.39, 0.29) is 5.82 Å². The molecular weight excluding hydrogens is 305 g/mol. The van der Waals surface area contributed by atoms with Gasteiger partial charge in [-0.2, -0.15) is 0 Å². The summed E-state index contributed by atoms with van der Waals surface area (Å²) < 4.78 is 13.2. The van der Waals surface area contributed by atoms with Gasteiger partial charge >= 0.3 is 0 Å². The Bertz CT molecular complexity index is 512. The third kappa shape index (κ3) is 6.84. The Hall–Kier alpha value is -1.66. The molecule has 1 heterocycles. The fraction of sp³-hybridized carbons (Fsp3) is 0.611.